The number of rotatable bonds is 7. The molecule has 1 heterocycles. The largest absolute Gasteiger partial charge is 0.380 e. The summed E-state index contributed by atoms with van der Waals surface area (Å²) in [5.41, 5.74) is 0. The van der Waals surface area contributed by atoms with Crippen molar-refractivity contribution in [3.63, 3.8) is 0 Å². The van der Waals surface area contributed by atoms with E-state index in [-0.39, 0.29) is 22.6 Å². The summed E-state index contributed by atoms with van der Waals surface area (Å²) < 4.78 is 31.4. The number of methoxy groups -OCH3 is 1. The van der Waals surface area contributed by atoms with Crippen LogP contribution in [0.2, 0.25) is 5.02 Å². The second-order valence-corrected chi connectivity index (χ2v) is 6.10. The van der Waals surface area contributed by atoms with Crippen LogP contribution in [-0.2, 0) is 14.8 Å². The Labute approximate surface area is 118 Å². The molecule has 6 nitrogen and oxygen atoms in total. The third-order valence-corrected chi connectivity index (χ3v) is 4.11. The number of nitrogens with one attached hydrogen (secondary N) is 2. The summed E-state index contributed by atoms with van der Waals surface area (Å²) in [4.78, 5) is 4.02. The van der Waals surface area contributed by atoms with E-state index < -0.39 is 10.0 Å². The lowest BCUT2D eigenvalue weighted by molar-refractivity contribution is 0.122. The molecule has 0 bridgehead atoms. The van der Waals surface area contributed by atoms with Crippen molar-refractivity contribution in [2.75, 3.05) is 25.5 Å². The molecule has 2 N–H and O–H groups in total. The summed E-state index contributed by atoms with van der Waals surface area (Å²) in [5.74, 6) is 0.466. The summed E-state index contributed by atoms with van der Waals surface area (Å²) in [6, 6.07) is 1.37. The van der Waals surface area contributed by atoms with Crippen LogP contribution in [0.5, 0.6) is 0 Å². The first-order valence-electron chi connectivity index (χ1n) is 5.82. The Balaban J connectivity index is 2.87. The zero-order chi connectivity index (χ0) is 14.5. The highest BCUT2D eigenvalue weighted by atomic mass is 35.5. The molecular formula is C11H18ClN3O3S. The lowest BCUT2D eigenvalue weighted by atomic mass is 10.4. The van der Waals surface area contributed by atoms with Crippen LogP contribution in [-0.4, -0.2) is 39.7 Å². The van der Waals surface area contributed by atoms with Crippen LogP contribution >= 0.6 is 11.6 Å². The van der Waals surface area contributed by atoms with Gasteiger partial charge in [-0.1, -0.05) is 11.6 Å². The predicted molar refractivity (Wildman–Crippen MR) is 75.1 cm³/mol. The molecule has 1 unspecified atom stereocenters. The summed E-state index contributed by atoms with van der Waals surface area (Å²) >= 11 is 5.96. The average molecular weight is 308 g/mol. The van der Waals surface area contributed by atoms with Crippen molar-refractivity contribution < 1.29 is 13.2 Å². The fraction of sp³-hybridized carbons (Fsp3) is 0.545. The van der Waals surface area contributed by atoms with Crippen molar-refractivity contribution in [3.05, 3.63) is 17.3 Å². The average Bonchev–Trinajstić information content (AvgIpc) is 2.38. The van der Waals surface area contributed by atoms with Crippen LogP contribution in [0.25, 0.3) is 0 Å². The molecule has 0 saturated heterocycles. The maximum absolute atomic E-state index is 12.0. The molecule has 0 fully saturated rings. The maximum Gasteiger partial charge on any atom is 0.242 e. The molecule has 8 heteroatoms. The van der Waals surface area contributed by atoms with E-state index in [1.807, 2.05) is 6.92 Å². The van der Waals surface area contributed by atoms with E-state index in [0.29, 0.717) is 12.4 Å². The number of aromatic nitrogens is 1. The molecule has 0 aliphatic carbocycles. The predicted octanol–water partition coefficient (Wildman–Crippen LogP) is 1.48. The van der Waals surface area contributed by atoms with Gasteiger partial charge in [0.05, 0.1) is 11.1 Å². The highest BCUT2D eigenvalue weighted by Gasteiger charge is 2.17. The molecule has 108 valence electrons. The fourth-order valence-corrected chi connectivity index (χ4v) is 2.64. The van der Waals surface area contributed by atoms with Gasteiger partial charge >= 0.3 is 0 Å². The van der Waals surface area contributed by atoms with Crippen molar-refractivity contribution in [1.82, 2.24) is 9.71 Å². The SMILES string of the molecule is CCNc1ncc(S(=O)(=O)NCC(C)OC)cc1Cl. The van der Waals surface area contributed by atoms with Gasteiger partial charge in [-0.3, -0.25) is 0 Å². The van der Waals surface area contributed by atoms with Gasteiger partial charge < -0.3 is 10.1 Å². The van der Waals surface area contributed by atoms with Crippen LogP contribution in [0.1, 0.15) is 13.8 Å². The highest BCUT2D eigenvalue weighted by molar-refractivity contribution is 7.89. The molecule has 1 aromatic heterocycles. The van der Waals surface area contributed by atoms with Crippen LogP contribution < -0.4 is 10.0 Å². The summed E-state index contributed by atoms with van der Waals surface area (Å²) in [5, 5.41) is 3.20. The standard InChI is InChI=1S/C11H18ClN3O3S/c1-4-13-11-10(12)5-9(7-14-11)19(16,17)15-6-8(2)18-3/h5,7-8,15H,4,6H2,1-3H3,(H,13,14). The van der Waals surface area contributed by atoms with E-state index in [9.17, 15) is 8.42 Å². The molecule has 0 amide bonds. The van der Waals surface area contributed by atoms with Gasteiger partial charge in [-0.05, 0) is 19.9 Å². The molecule has 1 rings (SSSR count). The number of nitrogens with zero attached hydrogens (tertiary/aromatic N) is 1. The number of halogens is 1. The number of anilines is 1. The lowest BCUT2D eigenvalue weighted by Crippen LogP contribution is -2.31. The third kappa shape index (κ3) is 4.61. The first kappa shape index (κ1) is 16.2. The fourth-order valence-electron chi connectivity index (χ4n) is 1.26. The Morgan fingerprint density at radius 3 is 2.74 bits per heavy atom. The van der Waals surface area contributed by atoms with E-state index in [0.717, 1.165) is 0 Å². The van der Waals surface area contributed by atoms with E-state index >= 15 is 0 Å². The van der Waals surface area contributed by atoms with Crippen LogP contribution in [0.15, 0.2) is 17.2 Å². The molecular weight excluding hydrogens is 290 g/mol. The molecule has 0 aromatic carbocycles. The summed E-state index contributed by atoms with van der Waals surface area (Å²) in [6.07, 6.45) is 1.06. The molecule has 1 aromatic rings. The first-order chi connectivity index (χ1) is 8.90. The third-order valence-electron chi connectivity index (χ3n) is 2.43. The topological polar surface area (TPSA) is 80.3 Å². The lowest BCUT2D eigenvalue weighted by Gasteiger charge is -2.12. The minimum Gasteiger partial charge on any atom is -0.380 e. The Kier molecular flexibility index (Phi) is 5.99. The van der Waals surface area contributed by atoms with E-state index in [1.54, 1.807) is 6.92 Å². The van der Waals surface area contributed by atoms with Gasteiger partial charge in [0.1, 0.15) is 10.7 Å². The molecule has 19 heavy (non-hydrogen) atoms. The number of hydrogen-bond acceptors (Lipinski definition) is 5. The van der Waals surface area contributed by atoms with Gasteiger partial charge in [0.15, 0.2) is 0 Å². The minimum absolute atomic E-state index is 0.0301. The van der Waals surface area contributed by atoms with Crippen molar-refractivity contribution in [3.8, 4) is 0 Å². The van der Waals surface area contributed by atoms with Gasteiger partial charge in [0, 0.05) is 26.4 Å². The number of ether oxygens (including phenoxy) is 1. The Bertz CT molecular complexity index is 522. The summed E-state index contributed by atoms with van der Waals surface area (Å²) in [6.45, 7) is 4.51. The van der Waals surface area contributed by atoms with Crippen LogP contribution in [0, 0.1) is 0 Å². The smallest absolute Gasteiger partial charge is 0.242 e. The number of hydrogen-bond donors (Lipinski definition) is 2. The Morgan fingerprint density at radius 1 is 1.53 bits per heavy atom. The van der Waals surface area contributed by atoms with Crippen molar-refractivity contribution in [2.24, 2.45) is 0 Å². The molecule has 0 aliphatic rings. The monoisotopic (exact) mass is 307 g/mol. The molecule has 0 radical (unpaired) electrons. The van der Waals surface area contributed by atoms with E-state index in [1.165, 1.54) is 19.4 Å². The van der Waals surface area contributed by atoms with Crippen molar-refractivity contribution in [2.45, 2.75) is 24.8 Å². The zero-order valence-corrected chi connectivity index (χ0v) is 12.7. The van der Waals surface area contributed by atoms with Gasteiger partial charge in [-0.15, -0.1) is 0 Å². The van der Waals surface area contributed by atoms with Gasteiger partial charge in [0.2, 0.25) is 10.0 Å². The van der Waals surface area contributed by atoms with Gasteiger partial charge in [-0.2, -0.15) is 0 Å². The zero-order valence-electron chi connectivity index (χ0n) is 11.1. The van der Waals surface area contributed by atoms with Gasteiger partial charge in [-0.25, -0.2) is 18.1 Å². The van der Waals surface area contributed by atoms with E-state index in [4.69, 9.17) is 16.3 Å². The number of sulfonamides is 1. The van der Waals surface area contributed by atoms with Crippen LogP contribution in [0.3, 0.4) is 0 Å². The highest BCUT2D eigenvalue weighted by Crippen LogP contribution is 2.22. The van der Waals surface area contributed by atoms with Crippen LogP contribution in [0.4, 0.5) is 5.82 Å². The first-order valence-corrected chi connectivity index (χ1v) is 7.68. The number of pyridine rings is 1. The second-order valence-electron chi connectivity index (χ2n) is 3.93. The molecule has 0 spiro atoms. The van der Waals surface area contributed by atoms with Crippen molar-refractivity contribution >= 4 is 27.4 Å². The van der Waals surface area contributed by atoms with E-state index in [2.05, 4.69) is 15.0 Å². The Hall–Kier alpha value is -0.890. The summed E-state index contributed by atoms with van der Waals surface area (Å²) in [7, 11) is -2.11. The normalized spacial score (nSPS) is 13.3. The molecule has 1 atom stereocenters. The maximum atomic E-state index is 12.0. The van der Waals surface area contributed by atoms with Crippen molar-refractivity contribution in [1.29, 1.82) is 0 Å². The van der Waals surface area contributed by atoms with Gasteiger partial charge in [0.25, 0.3) is 0 Å². The molecule has 0 saturated carbocycles. The minimum atomic E-state index is -3.62. The quantitative estimate of drug-likeness (QED) is 0.797. The second kappa shape index (κ2) is 7.04. The molecule has 0 aliphatic heterocycles. The Morgan fingerprint density at radius 2 is 2.21 bits per heavy atom.